The van der Waals surface area contributed by atoms with Crippen molar-refractivity contribution in [2.45, 2.75) is 13.3 Å². The van der Waals surface area contributed by atoms with Crippen LogP contribution in [0, 0.1) is 6.92 Å². The van der Waals surface area contributed by atoms with E-state index < -0.39 is 0 Å². The topological polar surface area (TPSA) is 98.7 Å². The predicted octanol–water partition coefficient (Wildman–Crippen LogP) is 2.60. The van der Waals surface area contributed by atoms with Gasteiger partial charge in [0.25, 0.3) is 11.8 Å². The molecule has 0 atom stereocenters. The molecule has 3 aromatic heterocycles. The average Bonchev–Trinajstić information content (AvgIpc) is 3.38. The van der Waals surface area contributed by atoms with E-state index in [0.717, 1.165) is 12.0 Å². The fourth-order valence-corrected chi connectivity index (χ4v) is 2.73. The predicted molar refractivity (Wildman–Crippen MR) is 102 cm³/mol. The minimum atomic E-state index is -0.224. The highest BCUT2D eigenvalue weighted by Gasteiger charge is 2.12. The second-order valence-electron chi connectivity index (χ2n) is 6.21. The first kappa shape index (κ1) is 17.6. The Balaban J connectivity index is 1.43. The zero-order chi connectivity index (χ0) is 19.3. The number of rotatable bonds is 6. The summed E-state index contributed by atoms with van der Waals surface area (Å²) < 4.78 is 6.87. The fraction of sp³-hybridized carbons (Fsp3) is 0.150. The molecule has 4 rings (SSSR count). The normalized spacial score (nSPS) is 10.8. The lowest BCUT2D eigenvalue weighted by Gasteiger charge is -2.04. The number of imidazole rings is 1. The van der Waals surface area contributed by atoms with Crippen molar-refractivity contribution < 1.29 is 9.32 Å². The quantitative estimate of drug-likeness (QED) is 0.557. The molecule has 0 radical (unpaired) electrons. The van der Waals surface area contributed by atoms with Crippen LogP contribution in [0.5, 0.6) is 0 Å². The van der Waals surface area contributed by atoms with Crippen LogP contribution in [0.25, 0.3) is 17.3 Å². The molecule has 0 aliphatic carbocycles. The Labute approximate surface area is 161 Å². The number of carbonyl (C=O) groups excluding carboxylic acids is 1. The maximum absolute atomic E-state index is 12.3. The van der Waals surface area contributed by atoms with Crippen LogP contribution in [-0.2, 0) is 6.42 Å². The maximum Gasteiger partial charge on any atom is 0.271 e. The third-order valence-electron chi connectivity index (χ3n) is 4.14. The van der Waals surface area contributed by atoms with E-state index in [4.69, 9.17) is 4.52 Å². The van der Waals surface area contributed by atoms with Crippen molar-refractivity contribution in [3.05, 3.63) is 78.3 Å². The highest BCUT2D eigenvalue weighted by molar-refractivity contribution is 5.92. The van der Waals surface area contributed by atoms with Crippen molar-refractivity contribution in [3.63, 3.8) is 0 Å². The van der Waals surface area contributed by atoms with Gasteiger partial charge in [0.05, 0.1) is 0 Å². The summed E-state index contributed by atoms with van der Waals surface area (Å²) in [5.41, 5.74) is 2.24. The molecular formula is C20H18N6O2. The van der Waals surface area contributed by atoms with Crippen molar-refractivity contribution in [1.82, 2.24) is 30.0 Å². The van der Waals surface area contributed by atoms with Gasteiger partial charge in [0.2, 0.25) is 0 Å². The highest BCUT2D eigenvalue weighted by Crippen LogP contribution is 2.19. The van der Waals surface area contributed by atoms with E-state index in [1.54, 1.807) is 42.3 Å². The van der Waals surface area contributed by atoms with E-state index in [0.29, 0.717) is 29.8 Å². The Kier molecular flexibility index (Phi) is 4.92. The molecule has 0 bridgehead atoms. The first-order valence-corrected chi connectivity index (χ1v) is 8.82. The monoisotopic (exact) mass is 374 g/mol. The van der Waals surface area contributed by atoms with Crippen LogP contribution >= 0.6 is 0 Å². The number of nitrogens with one attached hydrogen (secondary N) is 1. The van der Waals surface area contributed by atoms with Crippen LogP contribution in [0.4, 0.5) is 0 Å². The lowest BCUT2D eigenvalue weighted by molar-refractivity contribution is 0.0949. The van der Waals surface area contributed by atoms with E-state index >= 15 is 0 Å². The summed E-state index contributed by atoms with van der Waals surface area (Å²) >= 11 is 0. The molecular weight excluding hydrogens is 356 g/mol. The van der Waals surface area contributed by atoms with Crippen LogP contribution in [0.2, 0.25) is 0 Å². The van der Waals surface area contributed by atoms with E-state index in [9.17, 15) is 4.79 Å². The van der Waals surface area contributed by atoms with Gasteiger partial charge < -0.3 is 9.84 Å². The summed E-state index contributed by atoms with van der Waals surface area (Å²) in [4.78, 5) is 25.0. The van der Waals surface area contributed by atoms with Gasteiger partial charge in [-0.1, -0.05) is 35.5 Å². The number of hydrogen-bond donors (Lipinski definition) is 1. The number of hydrogen-bond acceptors (Lipinski definition) is 6. The Hall–Kier alpha value is -3.81. The summed E-state index contributed by atoms with van der Waals surface area (Å²) in [5.74, 6) is 1.35. The smallest absolute Gasteiger partial charge is 0.271 e. The third-order valence-corrected chi connectivity index (χ3v) is 4.14. The molecule has 8 heteroatoms. The number of aromatic nitrogens is 5. The van der Waals surface area contributed by atoms with Crippen LogP contribution in [0.15, 0.2) is 65.7 Å². The lowest BCUT2D eigenvalue weighted by atomic mass is 10.1. The van der Waals surface area contributed by atoms with Gasteiger partial charge in [-0.2, -0.15) is 4.98 Å². The minimum absolute atomic E-state index is 0.224. The molecule has 4 aromatic rings. The lowest BCUT2D eigenvalue weighted by Crippen LogP contribution is -2.26. The first-order valence-electron chi connectivity index (χ1n) is 8.82. The van der Waals surface area contributed by atoms with E-state index in [1.807, 2.05) is 30.3 Å². The third kappa shape index (κ3) is 3.96. The molecule has 0 unspecified atom stereocenters. The molecule has 8 nitrogen and oxygen atoms in total. The van der Waals surface area contributed by atoms with Crippen molar-refractivity contribution in [3.8, 4) is 17.3 Å². The molecule has 1 N–H and O–H groups in total. The number of aryl methyl sites for hydroxylation is 1. The first-order chi connectivity index (χ1) is 13.7. The second kappa shape index (κ2) is 7.83. The number of pyridine rings is 1. The molecule has 3 heterocycles. The van der Waals surface area contributed by atoms with Gasteiger partial charge in [-0.25, -0.2) is 9.97 Å². The molecule has 0 saturated heterocycles. The van der Waals surface area contributed by atoms with Gasteiger partial charge in [0.15, 0.2) is 5.82 Å². The molecule has 0 spiro atoms. The number of carbonyl (C=O) groups is 1. The summed E-state index contributed by atoms with van der Waals surface area (Å²) in [5, 5.41) is 6.68. The summed E-state index contributed by atoms with van der Waals surface area (Å²) in [6.45, 7) is 2.30. The summed E-state index contributed by atoms with van der Waals surface area (Å²) in [7, 11) is 0. The van der Waals surface area contributed by atoms with Gasteiger partial charge >= 0.3 is 0 Å². The Bertz CT molecular complexity index is 1090. The van der Waals surface area contributed by atoms with Gasteiger partial charge in [-0.05, 0) is 31.0 Å². The van der Waals surface area contributed by atoms with Crippen molar-refractivity contribution in [2.24, 2.45) is 0 Å². The summed E-state index contributed by atoms with van der Waals surface area (Å²) in [6, 6.07) is 13.6. The Morgan fingerprint density at radius 1 is 1.18 bits per heavy atom. The molecule has 140 valence electrons. The van der Waals surface area contributed by atoms with E-state index in [1.165, 1.54) is 5.56 Å². The molecule has 0 fully saturated rings. The van der Waals surface area contributed by atoms with Crippen LogP contribution in [0.1, 0.15) is 21.9 Å². The van der Waals surface area contributed by atoms with Crippen LogP contribution in [0.3, 0.4) is 0 Å². The van der Waals surface area contributed by atoms with E-state index in [2.05, 4.69) is 25.4 Å². The molecule has 0 saturated carbocycles. The summed E-state index contributed by atoms with van der Waals surface area (Å²) in [6.07, 6.45) is 5.60. The molecule has 1 aromatic carbocycles. The van der Waals surface area contributed by atoms with Gasteiger partial charge in [0.1, 0.15) is 17.8 Å². The molecule has 0 aliphatic heterocycles. The van der Waals surface area contributed by atoms with Crippen molar-refractivity contribution in [2.75, 3.05) is 6.54 Å². The van der Waals surface area contributed by atoms with Gasteiger partial charge in [0, 0.05) is 24.5 Å². The molecule has 28 heavy (non-hydrogen) atoms. The van der Waals surface area contributed by atoms with Crippen molar-refractivity contribution >= 4 is 5.91 Å². The Morgan fingerprint density at radius 2 is 2.04 bits per heavy atom. The van der Waals surface area contributed by atoms with Crippen molar-refractivity contribution in [1.29, 1.82) is 0 Å². The second-order valence-corrected chi connectivity index (χ2v) is 6.21. The number of amides is 1. The number of nitrogens with zero attached hydrogens (tertiary/aromatic N) is 5. The average molecular weight is 374 g/mol. The van der Waals surface area contributed by atoms with Gasteiger partial charge in [-0.3, -0.25) is 9.36 Å². The zero-order valence-corrected chi connectivity index (χ0v) is 15.2. The standard InChI is InChI=1S/C20H18N6O2/c1-14-24-20(28-25-14)16-8-10-21-18(11-16)26-12-17(23-13-26)19(27)22-9-7-15-5-3-2-4-6-15/h2-6,8,10-13H,7,9H2,1H3,(H,22,27). The Morgan fingerprint density at radius 3 is 2.82 bits per heavy atom. The fourth-order valence-electron chi connectivity index (χ4n) is 2.73. The van der Waals surface area contributed by atoms with E-state index in [-0.39, 0.29) is 5.91 Å². The number of benzene rings is 1. The SMILES string of the molecule is Cc1noc(-c2ccnc(-n3cnc(C(=O)NCCc4ccccc4)c3)c2)n1. The largest absolute Gasteiger partial charge is 0.350 e. The molecule has 0 aliphatic rings. The maximum atomic E-state index is 12.3. The molecule has 1 amide bonds. The van der Waals surface area contributed by atoms with Crippen LogP contribution < -0.4 is 5.32 Å². The van der Waals surface area contributed by atoms with Gasteiger partial charge in [-0.15, -0.1) is 0 Å². The van der Waals surface area contributed by atoms with Crippen LogP contribution in [-0.4, -0.2) is 37.1 Å². The zero-order valence-electron chi connectivity index (χ0n) is 15.2. The highest BCUT2D eigenvalue weighted by atomic mass is 16.5. The minimum Gasteiger partial charge on any atom is -0.350 e.